The fourth-order valence-electron chi connectivity index (χ4n) is 4.07. The minimum atomic E-state index is -0.0435. The van der Waals surface area contributed by atoms with E-state index >= 15 is 0 Å². The molecule has 0 spiro atoms. The van der Waals surface area contributed by atoms with Crippen molar-refractivity contribution in [2.75, 3.05) is 36.4 Å². The molecule has 0 atom stereocenters. The van der Waals surface area contributed by atoms with Gasteiger partial charge in [0.15, 0.2) is 5.82 Å². The lowest BCUT2D eigenvalue weighted by molar-refractivity contribution is 0.208. The average molecular weight is 430 g/mol. The number of nitrogens with one attached hydrogen (secondary N) is 1. The SMILES string of the molecule is Cc1ccc(-c2nc(C)c(C)c(N3CCN(C(=O)Nc4c(C)cccc4C)CC3)n2)cc1. The number of rotatable bonds is 3. The Labute approximate surface area is 190 Å². The lowest BCUT2D eigenvalue weighted by Crippen LogP contribution is -2.50. The summed E-state index contributed by atoms with van der Waals surface area (Å²) in [7, 11) is 0. The Bertz CT molecular complexity index is 1110. The molecule has 1 aliphatic rings. The van der Waals surface area contributed by atoms with Gasteiger partial charge in [-0.25, -0.2) is 14.8 Å². The number of hydrogen-bond acceptors (Lipinski definition) is 4. The van der Waals surface area contributed by atoms with Crippen LogP contribution in [0.2, 0.25) is 0 Å². The summed E-state index contributed by atoms with van der Waals surface area (Å²) in [6.07, 6.45) is 0. The average Bonchev–Trinajstić information content (AvgIpc) is 2.79. The molecule has 4 rings (SSSR count). The maximum atomic E-state index is 12.9. The summed E-state index contributed by atoms with van der Waals surface area (Å²) < 4.78 is 0. The van der Waals surface area contributed by atoms with Crippen molar-refractivity contribution in [3.05, 3.63) is 70.4 Å². The first-order valence-corrected chi connectivity index (χ1v) is 11.1. The highest BCUT2D eigenvalue weighted by Crippen LogP contribution is 2.26. The number of anilines is 2. The zero-order valence-corrected chi connectivity index (χ0v) is 19.6. The molecule has 1 saturated heterocycles. The van der Waals surface area contributed by atoms with Gasteiger partial charge in [0.2, 0.25) is 0 Å². The van der Waals surface area contributed by atoms with Crippen LogP contribution in [-0.4, -0.2) is 47.1 Å². The van der Waals surface area contributed by atoms with E-state index in [4.69, 9.17) is 9.97 Å². The first-order valence-electron chi connectivity index (χ1n) is 11.1. The summed E-state index contributed by atoms with van der Waals surface area (Å²) in [5, 5.41) is 3.10. The molecule has 0 radical (unpaired) electrons. The first-order chi connectivity index (χ1) is 15.3. The summed E-state index contributed by atoms with van der Waals surface area (Å²) in [5.41, 5.74) is 7.38. The van der Waals surface area contributed by atoms with Gasteiger partial charge in [0.1, 0.15) is 5.82 Å². The Morgan fingerprint density at radius 1 is 0.844 bits per heavy atom. The van der Waals surface area contributed by atoms with Crippen molar-refractivity contribution in [1.82, 2.24) is 14.9 Å². The van der Waals surface area contributed by atoms with Crippen molar-refractivity contribution in [2.24, 2.45) is 0 Å². The molecule has 6 heteroatoms. The topological polar surface area (TPSA) is 61.4 Å². The molecule has 0 unspecified atom stereocenters. The number of aryl methyl sites for hydroxylation is 4. The summed E-state index contributed by atoms with van der Waals surface area (Å²) in [4.78, 5) is 26.7. The Kier molecular flexibility index (Phi) is 6.12. The van der Waals surface area contributed by atoms with E-state index in [9.17, 15) is 4.79 Å². The number of para-hydroxylation sites is 1. The molecule has 1 aromatic heterocycles. The van der Waals surface area contributed by atoms with E-state index < -0.39 is 0 Å². The standard InChI is InChI=1S/C26H31N5O/c1-17-9-11-22(12-10-17)24-27-21(5)20(4)25(29-24)30-13-15-31(16-14-30)26(32)28-23-18(2)7-6-8-19(23)3/h6-12H,13-16H2,1-5H3,(H,28,32). The molecule has 1 fully saturated rings. The quantitative estimate of drug-likeness (QED) is 0.634. The largest absolute Gasteiger partial charge is 0.353 e. The van der Waals surface area contributed by atoms with Crippen LogP contribution in [0, 0.1) is 34.6 Å². The highest BCUT2D eigenvalue weighted by atomic mass is 16.2. The van der Waals surface area contributed by atoms with E-state index in [1.165, 1.54) is 5.56 Å². The number of hydrogen-bond donors (Lipinski definition) is 1. The second-order valence-corrected chi connectivity index (χ2v) is 8.62. The Morgan fingerprint density at radius 3 is 2.09 bits per heavy atom. The van der Waals surface area contributed by atoms with Crippen molar-refractivity contribution >= 4 is 17.5 Å². The lowest BCUT2D eigenvalue weighted by atomic mass is 10.1. The smallest absolute Gasteiger partial charge is 0.321 e. The molecule has 2 aromatic carbocycles. The number of urea groups is 1. The van der Waals surface area contributed by atoms with Crippen molar-refractivity contribution in [1.29, 1.82) is 0 Å². The highest BCUT2D eigenvalue weighted by Gasteiger charge is 2.24. The van der Waals surface area contributed by atoms with Crippen LogP contribution in [-0.2, 0) is 0 Å². The molecular weight excluding hydrogens is 398 g/mol. The molecule has 0 saturated carbocycles. The number of aromatic nitrogens is 2. The molecule has 166 valence electrons. The molecule has 1 N–H and O–H groups in total. The van der Waals surface area contributed by atoms with E-state index in [0.717, 1.165) is 58.4 Å². The van der Waals surface area contributed by atoms with E-state index in [2.05, 4.69) is 48.3 Å². The Hall–Kier alpha value is -3.41. The third-order valence-electron chi connectivity index (χ3n) is 6.25. The van der Waals surface area contributed by atoms with Crippen LogP contribution in [0.15, 0.2) is 42.5 Å². The second-order valence-electron chi connectivity index (χ2n) is 8.62. The first kappa shape index (κ1) is 21.8. The molecule has 1 aliphatic heterocycles. The van der Waals surface area contributed by atoms with Gasteiger partial charge in [-0.2, -0.15) is 0 Å². The maximum Gasteiger partial charge on any atom is 0.321 e. The van der Waals surface area contributed by atoms with Crippen LogP contribution in [0.1, 0.15) is 27.9 Å². The zero-order chi connectivity index (χ0) is 22.8. The number of nitrogens with zero attached hydrogens (tertiary/aromatic N) is 4. The third-order valence-corrected chi connectivity index (χ3v) is 6.25. The third kappa shape index (κ3) is 4.44. The van der Waals surface area contributed by atoms with Crippen LogP contribution in [0.5, 0.6) is 0 Å². The normalized spacial score (nSPS) is 13.9. The summed E-state index contributed by atoms with van der Waals surface area (Å²) in [6, 6.07) is 14.3. The minimum absolute atomic E-state index is 0.0435. The number of piperazine rings is 1. The molecule has 32 heavy (non-hydrogen) atoms. The van der Waals surface area contributed by atoms with Gasteiger partial charge in [0.05, 0.1) is 0 Å². The van der Waals surface area contributed by atoms with Gasteiger partial charge in [-0.3, -0.25) is 0 Å². The predicted octanol–water partition coefficient (Wildman–Crippen LogP) is 5.04. The van der Waals surface area contributed by atoms with Gasteiger partial charge >= 0.3 is 6.03 Å². The van der Waals surface area contributed by atoms with E-state index in [1.54, 1.807) is 0 Å². The Morgan fingerprint density at radius 2 is 1.47 bits per heavy atom. The molecule has 0 aliphatic carbocycles. The monoisotopic (exact) mass is 429 g/mol. The molecule has 0 bridgehead atoms. The molecule has 3 aromatic rings. The van der Waals surface area contributed by atoms with Crippen molar-refractivity contribution < 1.29 is 4.79 Å². The fourth-order valence-corrected chi connectivity index (χ4v) is 4.07. The van der Waals surface area contributed by atoms with Crippen LogP contribution >= 0.6 is 0 Å². The molecule has 2 heterocycles. The number of amides is 2. The second kappa shape index (κ2) is 8.99. The summed E-state index contributed by atoms with van der Waals surface area (Å²) in [6.45, 7) is 13.0. The van der Waals surface area contributed by atoms with Crippen molar-refractivity contribution in [3.63, 3.8) is 0 Å². The number of benzene rings is 2. The predicted molar refractivity (Wildman–Crippen MR) is 130 cm³/mol. The molecule has 2 amide bonds. The van der Waals surface area contributed by atoms with Gasteiger partial charge in [-0.15, -0.1) is 0 Å². The van der Waals surface area contributed by atoms with E-state index in [1.807, 2.05) is 43.9 Å². The summed E-state index contributed by atoms with van der Waals surface area (Å²) in [5.74, 6) is 1.71. The zero-order valence-electron chi connectivity index (χ0n) is 19.6. The molecule has 6 nitrogen and oxygen atoms in total. The van der Waals surface area contributed by atoms with Crippen LogP contribution in [0.4, 0.5) is 16.3 Å². The van der Waals surface area contributed by atoms with Gasteiger partial charge in [0, 0.05) is 48.7 Å². The van der Waals surface area contributed by atoms with E-state index in [-0.39, 0.29) is 6.03 Å². The van der Waals surface area contributed by atoms with Gasteiger partial charge in [-0.05, 0) is 45.7 Å². The number of carbonyl (C=O) groups is 1. The number of carbonyl (C=O) groups excluding carboxylic acids is 1. The summed E-state index contributed by atoms with van der Waals surface area (Å²) >= 11 is 0. The van der Waals surface area contributed by atoms with Crippen LogP contribution in [0.25, 0.3) is 11.4 Å². The van der Waals surface area contributed by atoms with Crippen LogP contribution in [0.3, 0.4) is 0 Å². The molecular formula is C26H31N5O. The van der Waals surface area contributed by atoms with E-state index in [0.29, 0.717) is 13.1 Å². The highest BCUT2D eigenvalue weighted by molar-refractivity contribution is 5.91. The Balaban J connectivity index is 1.48. The maximum absolute atomic E-state index is 12.9. The van der Waals surface area contributed by atoms with Crippen molar-refractivity contribution in [2.45, 2.75) is 34.6 Å². The van der Waals surface area contributed by atoms with Gasteiger partial charge in [-0.1, -0.05) is 48.0 Å². The van der Waals surface area contributed by atoms with Crippen LogP contribution < -0.4 is 10.2 Å². The lowest BCUT2D eigenvalue weighted by Gasteiger charge is -2.36. The minimum Gasteiger partial charge on any atom is -0.353 e. The van der Waals surface area contributed by atoms with Gasteiger partial charge in [0.25, 0.3) is 0 Å². The fraction of sp³-hybridized carbons (Fsp3) is 0.346. The van der Waals surface area contributed by atoms with Crippen molar-refractivity contribution in [3.8, 4) is 11.4 Å². The van der Waals surface area contributed by atoms with Gasteiger partial charge < -0.3 is 15.1 Å².